The van der Waals surface area contributed by atoms with E-state index in [0.717, 1.165) is 16.5 Å². The highest BCUT2D eigenvalue weighted by atomic mass is 16.5. The van der Waals surface area contributed by atoms with E-state index in [1.54, 1.807) is 25.1 Å². The summed E-state index contributed by atoms with van der Waals surface area (Å²) in [6.07, 6.45) is 0. The van der Waals surface area contributed by atoms with E-state index in [-0.39, 0.29) is 12.4 Å². The molecule has 0 aliphatic carbocycles. The van der Waals surface area contributed by atoms with Crippen LogP contribution in [0.15, 0.2) is 69.6 Å². The van der Waals surface area contributed by atoms with Gasteiger partial charge in [0.15, 0.2) is 11.6 Å². The summed E-state index contributed by atoms with van der Waals surface area (Å²) in [5, 5.41) is 8.58. The third-order valence-corrected chi connectivity index (χ3v) is 3.86. The number of benzene rings is 2. The van der Waals surface area contributed by atoms with E-state index in [4.69, 9.17) is 13.7 Å². The molecule has 6 nitrogen and oxygen atoms in total. The van der Waals surface area contributed by atoms with E-state index in [2.05, 4.69) is 10.5 Å². The van der Waals surface area contributed by atoms with Gasteiger partial charge in [0.1, 0.15) is 23.9 Å². The Morgan fingerprint density at radius 3 is 2.73 bits per heavy atom. The first kappa shape index (κ1) is 16.0. The largest absolute Gasteiger partial charge is 0.486 e. The average molecular weight is 348 g/mol. The molecule has 2 heterocycles. The molecule has 2 aromatic heterocycles. The van der Waals surface area contributed by atoms with Gasteiger partial charge in [0.2, 0.25) is 0 Å². The smallest absolute Gasteiger partial charge is 0.292 e. The number of rotatable bonds is 5. The van der Waals surface area contributed by atoms with Gasteiger partial charge < -0.3 is 19.0 Å². The van der Waals surface area contributed by atoms with Gasteiger partial charge in [0.05, 0.1) is 0 Å². The minimum absolute atomic E-state index is 0.183. The molecule has 0 radical (unpaired) electrons. The quantitative estimate of drug-likeness (QED) is 0.572. The molecule has 0 aliphatic heterocycles. The number of fused-ring (bicyclic) bond motifs is 1. The minimum Gasteiger partial charge on any atom is -0.486 e. The Labute approximate surface area is 149 Å². The lowest BCUT2D eigenvalue weighted by atomic mass is 10.1. The minimum atomic E-state index is -0.393. The van der Waals surface area contributed by atoms with Crippen LogP contribution in [0, 0.1) is 6.92 Å². The molecule has 4 aromatic rings. The maximum absolute atomic E-state index is 12.1. The van der Waals surface area contributed by atoms with E-state index in [0.29, 0.717) is 17.3 Å². The summed E-state index contributed by atoms with van der Waals surface area (Å²) < 4.78 is 16.2. The summed E-state index contributed by atoms with van der Waals surface area (Å²) in [6.45, 7) is 1.98. The van der Waals surface area contributed by atoms with Gasteiger partial charge in [-0.25, -0.2) is 0 Å². The standard InChI is InChI=1S/C20H16N2O4/c1-13-10-19(22-26-13)21-20(23)18-9-8-17(25-18)12-24-16-7-6-14-4-2-3-5-15(14)11-16/h2-11H,12H2,1H3,(H,21,22,23). The molecule has 0 fully saturated rings. The number of aromatic nitrogens is 1. The van der Waals surface area contributed by atoms with Gasteiger partial charge in [-0.3, -0.25) is 4.79 Å². The molecule has 0 bridgehead atoms. The Bertz CT molecular complexity index is 1060. The Morgan fingerprint density at radius 2 is 1.92 bits per heavy atom. The van der Waals surface area contributed by atoms with Gasteiger partial charge in [0, 0.05) is 6.07 Å². The molecule has 1 amide bonds. The number of carbonyl (C=O) groups excluding carboxylic acids is 1. The average Bonchev–Trinajstić information content (AvgIpc) is 3.29. The van der Waals surface area contributed by atoms with Crippen molar-refractivity contribution < 1.29 is 18.5 Å². The normalized spacial score (nSPS) is 10.8. The number of nitrogens with zero attached hydrogens (tertiary/aromatic N) is 1. The van der Waals surface area contributed by atoms with Crippen molar-refractivity contribution in [2.45, 2.75) is 13.5 Å². The second-order valence-electron chi connectivity index (χ2n) is 5.84. The van der Waals surface area contributed by atoms with E-state index in [1.165, 1.54) is 0 Å². The van der Waals surface area contributed by atoms with Crippen molar-refractivity contribution in [1.82, 2.24) is 5.16 Å². The van der Waals surface area contributed by atoms with Gasteiger partial charge in [-0.15, -0.1) is 0 Å². The first-order valence-corrected chi connectivity index (χ1v) is 8.12. The number of ether oxygens (including phenoxy) is 1. The fourth-order valence-corrected chi connectivity index (χ4v) is 2.59. The monoisotopic (exact) mass is 348 g/mol. The highest BCUT2D eigenvalue weighted by molar-refractivity contribution is 6.01. The van der Waals surface area contributed by atoms with Crippen LogP contribution in [0.1, 0.15) is 22.1 Å². The van der Waals surface area contributed by atoms with Crippen LogP contribution in [0.4, 0.5) is 5.82 Å². The molecule has 0 saturated carbocycles. The summed E-state index contributed by atoms with van der Waals surface area (Å²) >= 11 is 0. The van der Waals surface area contributed by atoms with Crippen molar-refractivity contribution in [2.24, 2.45) is 0 Å². The zero-order chi connectivity index (χ0) is 17.9. The summed E-state index contributed by atoms with van der Waals surface area (Å²) in [5.41, 5.74) is 0. The molecule has 0 saturated heterocycles. The molecular formula is C20H16N2O4. The maximum atomic E-state index is 12.1. The number of aryl methyl sites for hydroxylation is 1. The third-order valence-electron chi connectivity index (χ3n) is 3.86. The molecule has 130 valence electrons. The number of hydrogen-bond acceptors (Lipinski definition) is 5. The second-order valence-corrected chi connectivity index (χ2v) is 5.84. The predicted octanol–water partition coefficient (Wildman–Crippen LogP) is 4.56. The maximum Gasteiger partial charge on any atom is 0.292 e. The molecule has 6 heteroatoms. The number of hydrogen-bond donors (Lipinski definition) is 1. The molecule has 4 rings (SSSR count). The van der Waals surface area contributed by atoms with Crippen LogP contribution >= 0.6 is 0 Å². The number of carbonyl (C=O) groups is 1. The summed E-state index contributed by atoms with van der Waals surface area (Å²) in [5.74, 6) is 2.05. The number of furan rings is 1. The fourth-order valence-electron chi connectivity index (χ4n) is 2.59. The first-order valence-electron chi connectivity index (χ1n) is 8.12. The Kier molecular flexibility index (Phi) is 4.15. The zero-order valence-corrected chi connectivity index (χ0v) is 14.1. The second kappa shape index (κ2) is 6.76. The molecule has 0 aliphatic rings. The summed E-state index contributed by atoms with van der Waals surface area (Å²) in [4.78, 5) is 12.1. The third kappa shape index (κ3) is 3.44. The van der Waals surface area contributed by atoms with Crippen LogP contribution in [0.5, 0.6) is 5.75 Å². The van der Waals surface area contributed by atoms with Crippen molar-refractivity contribution in [3.8, 4) is 5.75 Å². The lowest BCUT2D eigenvalue weighted by Gasteiger charge is -2.05. The van der Waals surface area contributed by atoms with Crippen LogP contribution in [0.3, 0.4) is 0 Å². The summed E-state index contributed by atoms with van der Waals surface area (Å²) in [7, 11) is 0. The van der Waals surface area contributed by atoms with Gasteiger partial charge in [-0.2, -0.15) is 0 Å². The lowest BCUT2D eigenvalue weighted by Crippen LogP contribution is -2.11. The van der Waals surface area contributed by atoms with E-state index >= 15 is 0 Å². The van der Waals surface area contributed by atoms with Crippen LogP contribution in [0.25, 0.3) is 10.8 Å². The van der Waals surface area contributed by atoms with Crippen LogP contribution in [-0.2, 0) is 6.61 Å². The molecule has 0 spiro atoms. The Balaban J connectivity index is 1.40. The van der Waals surface area contributed by atoms with E-state index in [1.807, 2.05) is 42.5 Å². The van der Waals surface area contributed by atoms with Gasteiger partial charge in [-0.1, -0.05) is 35.5 Å². The van der Waals surface area contributed by atoms with E-state index in [9.17, 15) is 4.79 Å². The zero-order valence-electron chi connectivity index (χ0n) is 14.1. The Hall–Kier alpha value is -3.54. The topological polar surface area (TPSA) is 77.5 Å². The van der Waals surface area contributed by atoms with Crippen molar-refractivity contribution >= 4 is 22.5 Å². The number of amides is 1. The molecular weight excluding hydrogens is 332 g/mol. The van der Waals surface area contributed by atoms with E-state index < -0.39 is 5.91 Å². The van der Waals surface area contributed by atoms with Crippen LogP contribution < -0.4 is 10.1 Å². The van der Waals surface area contributed by atoms with Gasteiger partial charge >= 0.3 is 0 Å². The van der Waals surface area contributed by atoms with Crippen LogP contribution in [0.2, 0.25) is 0 Å². The number of anilines is 1. The molecule has 0 atom stereocenters. The van der Waals surface area contributed by atoms with Crippen LogP contribution in [-0.4, -0.2) is 11.1 Å². The van der Waals surface area contributed by atoms with Crippen molar-refractivity contribution in [1.29, 1.82) is 0 Å². The molecule has 0 unspecified atom stereocenters. The molecule has 26 heavy (non-hydrogen) atoms. The highest BCUT2D eigenvalue weighted by Gasteiger charge is 2.13. The molecule has 2 aromatic carbocycles. The first-order chi connectivity index (χ1) is 12.7. The SMILES string of the molecule is Cc1cc(NC(=O)c2ccc(COc3ccc4ccccc4c3)o2)no1. The Morgan fingerprint density at radius 1 is 1.08 bits per heavy atom. The van der Waals surface area contributed by atoms with Crippen molar-refractivity contribution in [2.75, 3.05) is 5.32 Å². The number of nitrogens with one attached hydrogen (secondary N) is 1. The lowest BCUT2D eigenvalue weighted by molar-refractivity contribution is 0.0991. The fraction of sp³-hybridized carbons (Fsp3) is 0.100. The highest BCUT2D eigenvalue weighted by Crippen LogP contribution is 2.22. The predicted molar refractivity (Wildman–Crippen MR) is 96.2 cm³/mol. The van der Waals surface area contributed by atoms with Crippen molar-refractivity contribution in [3.05, 3.63) is 77.9 Å². The van der Waals surface area contributed by atoms with Crippen molar-refractivity contribution in [3.63, 3.8) is 0 Å². The molecule has 1 N–H and O–H groups in total. The van der Waals surface area contributed by atoms with Gasteiger partial charge in [-0.05, 0) is 42.0 Å². The summed E-state index contributed by atoms with van der Waals surface area (Å²) in [6, 6.07) is 18.9. The van der Waals surface area contributed by atoms with Gasteiger partial charge in [0.25, 0.3) is 5.91 Å².